The van der Waals surface area contributed by atoms with Crippen LogP contribution in [0.5, 0.6) is 0 Å². The lowest BCUT2D eigenvalue weighted by molar-refractivity contribution is 0.183. The van der Waals surface area contributed by atoms with E-state index in [1.165, 1.54) is 0 Å². The number of aryl methyl sites for hydroxylation is 1. The SMILES string of the molecule is Cc1cnc(NC(C)C2CCOC2)c(N)c1. The molecular weight excluding hydrogens is 202 g/mol. The normalized spacial score (nSPS) is 22.0. The minimum Gasteiger partial charge on any atom is -0.396 e. The third-order valence-electron chi connectivity index (χ3n) is 3.09. The highest BCUT2D eigenvalue weighted by Crippen LogP contribution is 2.22. The van der Waals surface area contributed by atoms with Gasteiger partial charge in [-0.1, -0.05) is 0 Å². The molecule has 2 atom stereocenters. The van der Waals surface area contributed by atoms with Gasteiger partial charge < -0.3 is 15.8 Å². The second kappa shape index (κ2) is 4.70. The summed E-state index contributed by atoms with van der Waals surface area (Å²) in [5.74, 6) is 1.34. The van der Waals surface area contributed by atoms with Crippen molar-refractivity contribution in [2.24, 2.45) is 5.92 Å². The lowest BCUT2D eigenvalue weighted by Gasteiger charge is -2.20. The summed E-state index contributed by atoms with van der Waals surface area (Å²) in [6.45, 7) is 5.84. The predicted octanol–water partition coefficient (Wildman–Crippen LogP) is 1.81. The van der Waals surface area contributed by atoms with Gasteiger partial charge in [-0.2, -0.15) is 0 Å². The largest absolute Gasteiger partial charge is 0.396 e. The minimum absolute atomic E-state index is 0.347. The van der Waals surface area contributed by atoms with E-state index in [1.807, 2.05) is 19.2 Å². The highest BCUT2D eigenvalue weighted by molar-refractivity contribution is 5.62. The molecule has 4 heteroatoms. The maximum absolute atomic E-state index is 5.91. The number of pyridine rings is 1. The summed E-state index contributed by atoms with van der Waals surface area (Å²) in [6, 6.07) is 2.28. The molecule has 1 aromatic rings. The molecule has 2 heterocycles. The van der Waals surface area contributed by atoms with Crippen molar-refractivity contribution in [3.8, 4) is 0 Å². The first-order valence-corrected chi connectivity index (χ1v) is 5.73. The molecule has 0 saturated carbocycles. The molecule has 0 amide bonds. The monoisotopic (exact) mass is 221 g/mol. The quantitative estimate of drug-likeness (QED) is 0.817. The van der Waals surface area contributed by atoms with Crippen LogP contribution < -0.4 is 11.1 Å². The van der Waals surface area contributed by atoms with Crippen molar-refractivity contribution >= 4 is 11.5 Å². The maximum Gasteiger partial charge on any atom is 0.149 e. The molecule has 2 unspecified atom stereocenters. The number of hydrogen-bond donors (Lipinski definition) is 2. The third-order valence-corrected chi connectivity index (χ3v) is 3.09. The van der Waals surface area contributed by atoms with Gasteiger partial charge in [0.1, 0.15) is 5.82 Å². The average Bonchev–Trinajstić information content (AvgIpc) is 2.75. The van der Waals surface area contributed by atoms with Crippen LogP contribution in [0.15, 0.2) is 12.3 Å². The predicted molar refractivity (Wildman–Crippen MR) is 65.4 cm³/mol. The lowest BCUT2D eigenvalue weighted by atomic mass is 10.0. The van der Waals surface area contributed by atoms with Gasteiger partial charge in [-0.15, -0.1) is 0 Å². The summed E-state index contributed by atoms with van der Waals surface area (Å²) >= 11 is 0. The highest BCUT2D eigenvalue weighted by atomic mass is 16.5. The first kappa shape index (κ1) is 11.2. The Bertz CT molecular complexity index is 361. The van der Waals surface area contributed by atoms with Gasteiger partial charge in [0, 0.05) is 24.8 Å². The fraction of sp³-hybridized carbons (Fsp3) is 0.583. The molecule has 1 aromatic heterocycles. The number of nitrogens with zero attached hydrogens (tertiary/aromatic N) is 1. The highest BCUT2D eigenvalue weighted by Gasteiger charge is 2.22. The van der Waals surface area contributed by atoms with E-state index in [9.17, 15) is 0 Å². The Balaban J connectivity index is 2.02. The van der Waals surface area contributed by atoms with Crippen molar-refractivity contribution in [2.75, 3.05) is 24.3 Å². The van der Waals surface area contributed by atoms with Gasteiger partial charge in [-0.3, -0.25) is 0 Å². The van der Waals surface area contributed by atoms with Crippen molar-refractivity contribution in [1.82, 2.24) is 4.98 Å². The smallest absolute Gasteiger partial charge is 0.149 e. The molecule has 1 aliphatic rings. The molecular formula is C12H19N3O. The second-order valence-electron chi connectivity index (χ2n) is 4.51. The summed E-state index contributed by atoms with van der Waals surface area (Å²) in [6.07, 6.45) is 2.94. The number of aromatic nitrogens is 1. The van der Waals surface area contributed by atoms with Crippen molar-refractivity contribution in [3.63, 3.8) is 0 Å². The second-order valence-corrected chi connectivity index (χ2v) is 4.51. The van der Waals surface area contributed by atoms with Crippen LogP contribution >= 0.6 is 0 Å². The van der Waals surface area contributed by atoms with Crippen molar-refractivity contribution in [3.05, 3.63) is 17.8 Å². The van der Waals surface area contributed by atoms with E-state index in [2.05, 4.69) is 17.2 Å². The molecule has 1 saturated heterocycles. The number of ether oxygens (including phenoxy) is 1. The van der Waals surface area contributed by atoms with Crippen LogP contribution in [0.4, 0.5) is 11.5 Å². The summed E-state index contributed by atoms with van der Waals surface area (Å²) in [5.41, 5.74) is 7.71. The number of nitrogen functional groups attached to an aromatic ring is 1. The molecule has 0 spiro atoms. The van der Waals surface area contributed by atoms with Gasteiger partial charge in [0.05, 0.1) is 12.3 Å². The molecule has 0 aliphatic carbocycles. The van der Waals surface area contributed by atoms with Crippen LogP contribution in [0.3, 0.4) is 0 Å². The molecule has 16 heavy (non-hydrogen) atoms. The summed E-state index contributed by atoms with van der Waals surface area (Å²) < 4.78 is 5.37. The molecule has 0 bridgehead atoms. The Labute approximate surface area is 96.2 Å². The molecule has 88 valence electrons. The average molecular weight is 221 g/mol. The van der Waals surface area contributed by atoms with Crippen molar-refractivity contribution < 1.29 is 4.74 Å². The number of anilines is 2. The van der Waals surface area contributed by atoms with E-state index in [0.717, 1.165) is 31.0 Å². The van der Waals surface area contributed by atoms with Gasteiger partial charge >= 0.3 is 0 Å². The maximum atomic E-state index is 5.91. The van der Waals surface area contributed by atoms with Crippen LogP contribution in [0.1, 0.15) is 18.9 Å². The zero-order chi connectivity index (χ0) is 11.5. The van der Waals surface area contributed by atoms with E-state index in [1.54, 1.807) is 0 Å². The Morgan fingerprint density at radius 1 is 1.62 bits per heavy atom. The fourth-order valence-electron chi connectivity index (χ4n) is 1.99. The first-order valence-electron chi connectivity index (χ1n) is 5.73. The summed E-state index contributed by atoms with van der Waals surface area (Å²) in [4.78, 5) is 4.31. The Kier molecular flexibility index (Phi) is 3.29. The van der Waals surface area contributed by atoms with E-state index in [4.69, 9.17) is 10.5 Å². The standard InChI is InChI=1S/C12H19N3O/c1-8-5-11(13)12(14-6-8)15-9(2)10-3-4-16-7-10/h5-6,9-10H,3-4,7,13H2,1-2H3,(H,14,15). The topological polar surface area (TPSA) is 60.2 Å². The Hall–Kier alpha value is -1.29. The van der Waals surface area contributed by atoms with Crippen LogP contribution in [-0.2, 0) is 4.74 Å². The van der Waals surface area contributed by atoms with E-state index < -0.39 is 0 Å². The molecule has 0 aromatic carbocycles. The third kappa shape index (κ3) is 2.44. The van der Waals surface area contributed by atoms with E-state index in [-0.39, 0.29) is 0 Å². The molecule has 0 radical (unpaired) electrons. The zero-order valence-corrected chi connectivity index (χ0v) is 9.86. The van der Waals surface area contributed by atoms with Crippen LogP contribution in [-0.4, -0.2) is 24.2 Å². The van der Waals surface area contributed by atoms with Gasteiger partial charge in [0.25, 0.3) is 0 Å². The zero-order valence-electron chi connectivity index (χ0n) is 9.86. The van der Waals surface area contributed by atoms with Crippen molar-refractivity contribution in [2.45, 2.75) is 26.3 Å². The van der Waals surface area contributed by atoms with Crippen LogP contribution in [0.2, 0.25) is 0 Å². The number of hydrogen-bond acceptors (Lipinski definition) is 4. The number of nitrogens with one attached hydrogen (secondary N) is 1. The number of rotatable bonds is 3. The van der Waals surface area contributed by atoms with Crippen LogP contribution in [0, 0.1) is 12.8 Å². The molecule has 1 fully saturated rings. The summed E-state index contributed by atoms with van der Waals surface area (Å²) in [5, 5.41) is 3.36. The van der Waals surface area contributed by atoms with E-state index >= 15 is 0 Å². The number of nitrogens with two attached hydrogens (primary N) is 1. The van der Waals surface area contributed by atoms with Gasteiger partial charge in [-0.25, -0.2) is 4.98 Å². The molecule has 2 rings (SSSR count). The van der Waals surface area contributed by atoms with Gasteiger partial charge in [-0.05, 0) is 31.9 Å². The van der Waals surface area contributed by atoms with E-state index in [0.29, 0.717) is 17.6 Å². The van der Waals surface area contributed by atoms with Gasteiger partial charge in [0.2, 0.25) is 0 Å². The van der Waals surface area contributed by atoms with Crippen LogP contribution in [0.25, 0.3) is 0 Å². The van der Waals surface area contributed by atoms with Gasteiger partial charge in [0.15, 0.2) is 0 Å². The Morgan fingerprint density at radius 2 is 2.44 bits per heavy atom. The lowest BCUT2D eigenvalue weighted by Crippen LogP contribution is -2.27. The molecule has 4 nitrogen and oxygen atoms in total. The Morgan fingerprint density at radius 3 is 3.06 bits per heavy atom. The van der Waals surface area contributed by atoms with Crippen molar-refractivity contribution in [1.29, 1.82) is 0 Å². The first-order chi connectivity index (χ1) is 7.66. The molecule has 3 N–H and O–H groups in total. The summed E-state index contributed by atoms with van der Waals surface area (Å²) in [7, 11) is 0. The fourth-order valence-corrected chi connectivity index (χ4v) is 1.99. The molecule has 1 aliphatic heterocycles. The minimum atomic E-state index is 0.347.